The molecule has 32 heavy (non-hydrogen) atoms. The number of piperazine rings is 1. The van der Waals surface area contributed by atoms with E-state index in [9.17, 15) is 19.5 Å². The van der Waals surface area contributed by atoms with E-state index in [4.69, 9.17) is 4.74 Å². The number of nitrogens with zero attached hydrogens (tertiary/aromatic N) is 2. The SMILES string of the molecule is CC(C)C(=O)Nc1ccc2[nH]cc([C@H](C(=O)O)N3CCN(C(=O)OC(C)(C)C)CC3)c2c1. The first-order valence-electron chi connectivity index (χ1n) is 10.8. The maximum atomic E-state index is 12.3. The Balaban J connectivity index is 1.80. The summed E-state index contributed by atoms with van der Waals surface area (Å²) in [6.07, 6.45) is 1.32. The number of benzene rings is 1. The molecule has 9 nitrogen and oxygen atoms in total. The molecule has 0 aliphatic carbocycles. The third-order valence-electron chi connectivity index (χ3n) is 5.37. The number of carbonyl (C=O) groups excluding carboxylic acids is 2. The molecule has 0 radical (unpaired) electrons. The number of H-pyrrole nitrogens is 1. The van der Waals surface area contributed by atoms with Crippen molar-refractivity contribution in [3.8, 4) is 0 Å². The molecule has 3 N–H and O–H groups in total. The topological polar surface area (TPSA) is 115 Å². The first-order valence-corrected chi connectivity index (χ1v) is 10.8. The normalized spacial score (nSPS) is 16.2. The number of hydrogen-bond donors (Lipinski definition) is 3. The van der Waals surface area contributed by atoms with Crippen LogP contribution in [0.4, 0.5) is 10.5 Å². The molecule has 1 aliphatic heterocycles. The molecule has 2 heterocycles. The highest BCUT2D eigenvalue weighted by Gasteiger charge is 2.34. The molecule has 2 amide bonds. The second kappa shape index (κ2) is 9.20. The molecular weight excluding hydrogens is 412 g/mol. The van der Waals surface area contributed by atoms with E-state index in [1.165, 1.54) is 0 Å². The Labute approximate surface area is 187 Å². The van der Waals surface area contributed by atoms with Gasteiger partial charge in [-0.15, -0.1) is 0 Å². The number of aromatic nitrogens is 1. The van der Waals surface area contributed by atoms with Crippen LogP contribution in [0.5, 0.6) is 0 Å². The van der Waals surface area contributed by atoms with Crippen LogP contribution in [-0.2, 0) is 14.3 Å². The molecule has 0 unspecified atom stereocenters. The minimum absolute atomic E-state index is 0.102. The number of carbonyl (C=O) groups is 3. The lowest BCUT2D eigenvalue weighted by Crippen LogP contribution is -2.51. The Morgan fingerprint density at radius 1 is 1.12 bits per heavy atom. The van der Waals surface area contributed by atoms with Gasteiger partial charge in [0.1, 0.15) is 11.6 Å². The highest BCUT2D eigenvalue weighted by Crippen LogP contribution is 2.31. The molecule has 0 spiro atoms. The summed E-state index contributed by atoms with van der Waals surface area (Å²) in [4.78, 5) is 43.3. The van der Waals surface area contributed by atoms with E-state index in [1.54, 1.807) is 23.2 Å². The van der Waals surface area contributed by atoms with Gasteiger partial charge in [0.25, 0.3) is 0 Å². The summed E-state index contributed by atoms with van der Waals surface area (Å²) in [7, 11) is 0. The van der Waals surface area contributed by atoms with Gasteiger partial charge < -0.3 is 25.0 Å². The molecule has 9 heteroatoms. The lowest BCUT2D eigenvalue weighted by atomic mass is 10.0. The Morgan fingerprint density at radius 3 is 2.34 bits per heavy atom. The van der Waals surface area contributed by atoms with E-state index >= 15 is 0 Å². The second-order valence-electron chi connectivity index (χ2n) is 9.39. The predicted molar refractivity (Wildman–Crippen MR) is 122 cm³/mol. The number of rotatable bonds is 5. The molecule has 0 bridgehead atoms. The van der Waals surface area contributed by atoms with E-state index in [1.807, 2.05) is 45.6 Å². The monoisotopic (exact) mass is 444 g/mol. The van der Waals surface area contributed by atoms with Crippen molar-refractivity contribution in [3.05, 3.63) is 30.0 Å². The van der Waals surface area contributed by atoms with Gasteiger partial charge >= 0.3 is 12.1 Å². The van der Waals surface area contributed by atoms with Crippen molar-refractivity contribution in [3.63, 3.8) is 0 Å². The van der Waals surface area contributed by atoms with Gasteiger partial charge in [0.15, 0.2) is 0 Å². The summed E-state index contributed by atoms with van der Waals surface area (Å²) in [5.74, 6) is -1.23. The van der Waals surface area contributed by atoms with Gasteiger partial charge in [0.2, 0.25) is 5.91 Å². The van der Waals surface area contributed by atoms with E-state index in [0.717, 1.165) is 10.9 Å². The molecule has 1 fully saturated rings. The number of anilines is 1. The molecule has 1 atom stereocenters. The lowest BCUT2D eigenvalue weighted by Gasteiger charge is -2.38. The summed E-state index contributed by atoms with van der Waals surface area (Å²) >= 11 is 0. The number of carboxylic acids is 1. The maximum Gasteiger partial charge on any atom is 0.410 e. The van der Waals surface area contributed by atoms with E-state index in [2.05, 4.69) is 10.3 Å². The smallest absolute Gasteiger partial charge is 0.410 e. The summed E-state index contributed by atoms with van der Waals surface area (Å²) in [6, 6.07) is 4.54. The first kappa shape index (κ1) is 23.6. The zero-order valence-corrected chi connectivity index (χ0v) is 19.3. The molecule has 0 saturated carbocycles. The molecule has 174 valence electrons. The summed E-state index contributed by atoms with van der Waals surface area (Å²) in [5, 5.41) is 13.6. The number of amides is 2. The summed E-state index contributed by atoms with van der Waals surface area (Å²) in [6.45, 7) is 10.7. The number of hydrogen-bond acceptors (Lipinski definition) is 5. The first-order chi connectivity index (χ1) is 15.0. The molecule has 1 aromatic carbocycles. The molecule has 1 aliphatic rings. The highest BCUT2D eigenvalue weighted by atomic mass is 16.6. The summed E-state index contributed by atoms with van der Waals surface area (Å²) < 4.78 is 5.42. The number of aliphatic carboxylic acids is 1. The van der Waals surface area contributed by atoms with Gasteiger partial charge in [-0.3, -0.25) is 14.5 Å². The number of aromatic amines is 1. The van der Waals surface area contributed by atoms with Gasteiger partial charge in [-0.05, 0) is 39.0 Å². The third-order valence-corrected chi connectivity index (χ3v) is 5.37. The second-order valence-corrected chi connectivity index (χ2v) is 9.39. The van der Waals surface area contributed by atoms with Crippen LogP contribution in [0.1, 0.15) is 46.2 Å². The minimum atomic E-state index is -0.965. The maximum absolute atomic E-state index is 12.3. The van der Waals surface area contributed by atoms with E-state index in [0.29, 0.717) is 37.4 Å². The number of fused-ring (bicyclic) bond motifs is 1. The van der Waals surface area contributed by atoms with Crippen molar-refractivity contribution in [2.24, 2.45) is 5.92 Å². The van der Waals surface area contributed by atoms with Gasteiger partial charge in [-0.25, -0.2) is 4.79 Å². The van der Waals surface area contributed by atoms with E-state index in [-0.39, 0.29) is 17.9 Å². The molecule has 1 aromatic heterocycles. The van der Waals surface area contributed by atoms with Gasteiger partial charge in [-0.2, -0.15) is 0 Å². The van der Waals surface area contributed by atoms with Crippen molar-refractivity contribution in [2.75, 3.05) is 31.5 Å². The Morgan fingerprint density at radius 2 is 1.78 bits per heavy atom. The van der Waals surface area contributed by atoms with Gasteiger partial charge in [0.05, 0.1) is 0 Å². The van der Waals surface area contributed by atoms with Crippen LogP contribution in [0.3, 0.4) is 0 Å². The summed E-state index contributed by atoms with van der Waals surface area (Å²) in [5.41, 5.74) is 1.46. The van der Waals surface area contributed by atoms with Crippen LogP contribution in [0, 0.1) is 5.92 Å². The van der Waals surface area contributed by atoms with Gasteiger partial charge in [0, 0.05) is 60.4 Å². The Bertz CT molecular complexity index is 999. The quantitative estimate of drug-likeness (QED) is 0.651. The molecule has 3 rings (SSSR count). The van der Waals surface area contributed by atoms with Crippen molar-refractivity contribution in [2.45, 2.75) is 46.3 Å². The van der Waals surface area contributed by atoms with Crippen LogP contribution in [-0.4, -0.2) is 69.6 Å². The molecular formula is C23H32N4O5. The largest absolute Gasteiger partial charge is 0.480 e. The van der Waals surface area contributed by atoms with Crippen LogP contribution in [0.2, 0.25) is 0 Å². The number of nitrogens with one attached hydrogen (secondary N) is 2. The van der Waals surface area contributed by atoms with Crippen LogP contribution in [0.15, 0.2) is 24.4 Å². The third kappa shape index (κ3) is 5.40. The van der Waals surface area contributed by atoms with Crippen LogP contribution < -0.4 is 5.32 Å². The van der Waals surface area contributed by atoms with Crippen molar-refractivity contribution in [1.82, 2.24) is 14.8 Å². The van der Waals surface area contributed by atoms with Gasteiger partial charge in [-0.1, -0.05) is 13.8 Å². The standard InChI is InChI=1S/C23H32N4O5/c1-14(2)20(28)25-15-6-7-18-16(12-15)17(13-24-18)19(21(29)30)26-8-10-27(11-9-26)22(31)32-23(3,4)5/h6-7,12-14,19,24H,8-11H2,1-5H3,(H,25,28)(H,29,30)/t19-/m1/s1. The van der Waals surface area contributed by atoms with Crippen molar-refractivity contribution in [1.29, 1.82) is 0 Å². The molecule has 2 aromatic rings. The Kier molecular flexibility index (Phi) is 6.78. The van der Waals surface area contributed by atoms with Crippen LogP contribution in [0.25, 0.3) is 10.9 Å². The number of carboxylic acid groups (broad SMARTS) is 1. The lowest BCUT2D eigenvalue weighted by molar-refractivity contribution is -0.144. The van der Waals surface area contributed by atoms with Crippen molar-refractivity contribution >= 4 is 34.6 Å². The predicted octanol–water partition coefficient (Wildman–Crippen LogP) is 3.44. The zero-order chi connectivity index (χ0) is 23.6. The average molecular weight is 445 g/mol. The molecule has 1 saturated heterocycles. The van der Waals surface area contributed by atoms with E-state index < -0.39 is 17.6 Å². The fraction of sp³-hybridized carbons (Fsp3) is 0.522. The number of ether oxygens (including phenoxy) is 1. The fourth-order valence-electron chi connectivity index (χ4n) is 3.71. The average Bonchev–Trinajstić information content (AvgIpc) is 3.10. The van der Waals surface area contributed by atoms with Crippen molar-refractivity contribution < 1.29 is 24.2 Å². The zero-order valence-electron chi connectivity index (χ0n) is 19.3. The van der Waals surface area contributed by atoms with Crippen LogP contribution >= 0.6 is 0 Å². The highest BCUT2D eigenvalue weighted by molar-refractivity contribution is 5.96. The Hall–Kier alpha value is -3.07. The minimum Gasteiger partial charge on any atom is -0.480 e. The fourth-order valence-corrected chi connectivity index (χ4v) is 3.71.